The van der Waals surface area contributed by atoms with Gasteiger partial charge in [-0.15, -0.1) is 0 Å². The Hall–Kier alpha value is -0.730. The maximum Gasteiger partial charge on any atom is 0.0455 e. The van der Waals surface area contributed by atoms with Crippen LogP contribution in [0.3, 0.4) is 0 Å². The third kappa shape index (κ3) is 2.20. The second kappa shape index (κ2) is 3.44. The standard InChI is InChI=1S/C11H15ClN2/c1-8-2-3-9(6-10(8)12)14-7-11(13)4-5-11/h2-3,6,14H,4-5,7,13H2,1H3. The van der Waals surface area contributed by atoms with Gasteiger partial charge < -0.3 is 11.1 Å². The van der Waals surface area contributed by atoms with Crippen LogP contribution in [0.5, 0.6) is 0 Å². The van der Waals surface area contributed by atoms with Crippen LogP contribution in [0.1, 0.15) is 18.4 Å². The van der Waals surface area contributed by atoms with E-state index in [0.29, 0.717) is 0 Å². The summed E-state index contributed by atoms with van der Waals surface area (Å²) in [7, 11) is 0. The summed E-state index contributed by atoms with van der Waals surface area (Å²) in [5, 5.41) is 4.11. The highest BCUT2D eigenvalue weighted by Gasteiger charge is 2.37. The quantitative estimate of drug-likeness (QED) is 0.805. The highest BCUT2D eigenvalue weighted by atomic mass is 35.5. The van der Waals surface area contributed by atoms with E-state index in [2.05, 4.69) is 5.32 Å². The van der Waals surface area contributed by atoms with E-state index in [9.17, 15) is 0 Å². The van der Waals surface area contributed by atoms with E-state index in [1.165, 1.54) is 0 Å². The average molecular weight is 211 g/mol. The van der Waals surface area contributed by atoms with E-state index in [0.717, 1.165) is 35.7 Å². The van der Waals surface area contributed by atoms with Crippen molar-refractivity contribution in [2.24, 2.45) is 5.73 Å². The topological polar surface area (TPSA) is 38.0 Å². The molecule has 0 atom stereocenters. The van der Waals surface area contributed by atoms with Crippen LogP contribution in [-0.2, 0) is 0 Å². The van der Waals surface area contributed by atoms with Crippen LogP contribution in [0.15, 0.2) is 18.2 Å². The van der Waals surface area contributed by atoms with Gasteiger partial charge in [0.15, 0.2) is 0 Å². The Morgan fingerprint density at radius 3 is 2.79 bits per heavy atom. The van der Waals surface area contributed by atoms with Crippen LogP contribution in [-0.4, -0.2) is 12.1 Å². The van der Waals surface area contributed by atoms with E-state index < -0.39 is 0 Å². The Labute approximate surface area is 89.4 Å². The second-order valence-electron chi connectivity index (χ2n) is 4.18. The predicted octanol–water partition coefficient (Wildman–Crippen LogP) is 2.55. The van der Waals surface area contributed by atoms with Gasteiger partial charge in [-0.05, 0) is 37.5 Å². The Bertz CT molecular complexity index is 345. The Morgan fingerprint density at radius 1 is 1.50 bits per heavy atom. The van der Waals surface area contributed by atoms with Crippen molar-refractivity contribution in [3.05, 3.63) is 28.8 Å². The molecule has 0 aromatic heterocycles. The second-order valence-corrected chi connectivity index (χ2v) is 4.59. The number of hydrogen-bond donors (Lipinski definition) is 2. The van der Waals surface area contributed by atoms with Crippen LogP contribution >= 0.6 is 11.6 Å². The Morgan fingerprint density at radius 2 is 2.21 bits per heavy atom. The summed E-state index contributed by atoms with van der Waals surface area (Å²) < 4.78 is 0. The third-order valence-electron chi connectivity index (χ3n) is 2.71. The number of halogens is 1. The number of benzene rings is 1. The molecule has 76 valence electrons. The molecule has 2 rings (SSSR count). The molecule has 2 nitrogen and oxygen atoms in total. The van der Waals surface area contributed by atoms with Crippen molar-refractivity contribution in [1.82, 2.24) is 0 Å². The van der Waals surface area contributed by atoms with Gasteiger partial charge in [0.25, 0.3) is 0 Å². The molecule has 1 aromatic rings. The first-order valence-electron chi connectivity index (χ1n) is 4.88. The van der Waals surface area contributed by atoms with Crippen molar-refractivity contribution in [2.45, 2.75) is 25.3 Å². The van der Waals surface area contributed by atoms with E-state index in [-0.39, 0.29) is 5.54 Å². The monoisotopic (exact) mass is 210 g/mol. The van der Waals surface area contributed by atoms with E-state index in [1.807, 2.05) is 25.1 Å². The van der Waals surface area contributed by atoms with Gasteiger partial charge in [0.1, 0.15) is 0 Å². The predicted molar refractivity (Wildman–Crippen MR) is 60.8 cm³/mol. The Kier molecular flexibility index (Phi) is 2.41. The minimum absolute atomic E-state index is 0.0390. The molecule has 1 aliphatic rings. The molecule has 0 amide bonds. The molecule has 0 bridgehead atoms. The zero-order chi connectivity index (χ0) is 10.2. The highest BCUT2D eigenvalue weighted by Crippen LogP contribution is 2.32. The zero-order valence-corrected chi connectivity index (χ0v) is 9.06. The van der Waals surface area contributed by atoms with Crippen molar-refractivity contribution in [3.8, 4) is 0 Å². The van der Waals surface area contributed by atoms with Gasteiger partial charge in [0.05, 0.1) is 0 Å². The fourth-order valence-electron chi connectivity index (χ4n) is 1.32. The summed E-state index contributed by atoms with van der Waals surface area (Å²) in [6, 6.07) is 6.00. The van der Waals surface area contributed by atoms with Crippen molar-refractivity contribution >= 4 is 17.3 Å². The lowest BCUT2D eigenvalue weighted by Crippen LogP contribution is -2.31. The van der Waals surface area contributed by atoms with Crippen molar-refractivity contribution in [2.75, 3.05) is 11.9 Å². The number of nitrogens with one attached hydrogen (secondary N) is 1. The first-order chi connectivity index (χ1) is 6.59. The van der Waals surface area contributed by atoms with E-state index >= 15 is 0 Å². The molecule has 3 N–H and O–H groups in total. The summed E-state index contributed by atoms with van der Waals surface area (Å²) in [5.41, 5.74) is 8.16. The molecule has 1 aliphatic carbocycles. The van der Waals surface area contributed by atoms with Crippen molar-refractivity contribution in [1.29, 1.82) is 0 Å². The molecule has 0 radical (unpaired) electrons. The number of rotatable bonds is 3. The fourth-order valence-corrected chi connectivity index (χ4v) is 1.50. The van der Waals surface area contributed by atoms with E-state index in [1.54, 1.807) is 0 Å². The largest absolute Gasteiger partial charge is 0.383 e. The maximum absolute atomic E-state index is 6.01. The molecule has 0 aliphatic heterocycles. The molecule has 0 unspecified atom stereocenters. The summed E-state index contributed by atoms with van der Waals surface area (Å²) in [4.78, 5) is 0. The van der Waals surface area contributed by atoms with Gasteiger partial charge in [0, 0.05) is 22.8 Å². The number of hydrogen-bond acceptors (Lipinski definition) is 2. The minimum Gasteiger partial charge on any atom is -0.383 e. The van der Waals surface area contributed by atoms with Gasteiger partial charge in [-0.1, -0.05) is 17.7 Å². The van der Waals surface area contributed by atoms with E-state index in [4.69, 9.17) is 17.3 Å². The molecule has 0 spiro atoms. The van der Waals surface area contributed by atoms with Crippen LogP contribution in [0.4, 0.5) is 5.69 Å². The molecular formula is C11H15ClN2. The first-order valence-corrected chi connectivity index (χ1v) is 5.26. The number of aryl methyl sites for hydroxylation is 1. The van der Waals surface area contributed by atoms with Gasteiger partial charge in [0.2, 0.25) is 0 Å². The number of nitrogens with two attached hydrogens (primary N) is 1. The summed E-state index contributed by atoms with van der Waals surface area (Å²) >= 11 is 6.01. The Balaban J connectivity index is 1.99. The molecule has 3 heteroatoms. The van der Waals surface area contributed by atoms with Gasteiger partial charge in [-0.3, -0.25) is 0 Å². The van der Waals surface area contributed by atoms with Crippen LogP contribution in [0.25, 0.3) is 0 Å². The highest BCUT2D eigenvalue weighted by molar-refractivity contribution is 6.31. The zero-order valence-electron chi connectivity index (χ0n) is 8.31. The summed E-state index contributed by atoms with van der Waals surface area (Å²) in [5.74, 6) is 0. The molecule has 0 heterocycles. The van der Waals surface area contributed by atoms with Gasteiger partial charge in [-0.25, -0.2) is 0 Å². The lowest BCUT2D eigenvalue weighted by molar-refractivity contribution is 0.713. The lowest BCUT2D eigenvalue weighted by atomic mass is 10.2. The smallest absolute Gasteiger partial charge is 0.0455 e. The van der Waals surface area contributed by atoms with Crippen LogP contribution in [0.2, 0.25) is 5.02 Å². The molecule has 0 saturated heterocycles. The van der Waals surface area contributed by atoms with Crippen LogP contribution < -0.4 is 11.1 Å². The van der Waals surface area contributed by atoms with Crippen molar-refractivity contribution in [3.63, 3.8) is 0 Å². The summed E-state index contributed by atoms with van der Waals surface area (Å²) in [6.45, 7) is 2.84. The van der Waals surface area contributed by atoms with Crippen LogP contribution in [0, 0.1) is 6.92 Å². The maximum atomic E-state index is 6.01. The molecular weight excluding hydrogens is 196 g/mol. The third-order valence-corrected chi connectivity index (χ3v) is 3.12. The minimum atomic E-state index is 0.0390. The van der Waals surface area contributed by atoms with Gasteiger partial charge in [-0.2, -0.15) is 0 Å². The first kappa shape index (κ1) is 9.81. The lowest BCUT2D eigenvalue weighted by Gasteiger charge is -2.12. The summed E-state index contributed by atoms with van der Waals surface area (Å²) in [6.07, 6.45) is 2.25. The normalized spacial score (nSPS) is 17.9. The van der Waals surface area contributed by atoms with Gasteiger partial charge >= 0.3 is 0 Å². The number of anilines is 1. The fraction of sp³-hybridized carbons (Fsp3) is 0.455. The molecule has 1 aromatic carbocycles. The van der Waals surface area contributed by atoms with Crippen molar-refractivity contribution < 1.29 is 0 Å². The average Bonchev–Trinajstić information content (AvgIpc) is 2.87. The SMILES string of the molecule is Cc1ccc(NCC2(N)CC2)cc1Cl. The molecule has 1 fully saturated rings. The molecule has 1 saturated carbocycles. The molecule has 14 heavy (non-hydrogen) atoms.